The van der Waals surface area contributed by atoms with E-state index in [0.717, 1.165) is 5.56 Å². The number of H-pyrrole nitrogens is 2. The first kappa shape index (κ1) is 15.5. The molecular weight excluding hydrogens is 328 g/mol. The van der Waals surface area contributed by atoms with Crippen LogP contribution in [-0.4, -0.2) is 15.9 Å². The van der Waals surface area contributed by atoms with Crippen molar-refractivity contribution in [3.05, 3.63) is 78.5 Å². The molecule has 26 heavy (non-hydrogen) atoms. The predicted molar refractivity (Wildman–Crippen MR) is 92.8 cm³/mol. The summed E-state index contributed by atoms with van der Waals surface area (Å²) in [7, 11) is 0. The van der Waals surface area contributed by atoms with Crippen LogP contribution in [0.15, 0.2) is 67.3 Å². The summed E-state index contributed by atoms with van der Waals surface area (Å²) in [6.07, 6.45) is 5.02. The molecule has 3 aromatic heterocycles. The third kappa shape index (κ3) is 2.65. The Labute approximate surface area is 148 Å². The molecular formula is C19H14N6O+2. The number of hydrogen-bond acceptors (Lipinski definition) is 3. The van der Waals surface area contributed by atoms with Gasteiger partial charge in [-0.1, -0.05) is 18.2 Å². The number of pyridine rings is 1. The minimum absolute atomic E-state index is 0.312. The molecule has 1 amide bonds. The number of benzene rings is 1. The molecule has 7 heteroatoms. The Kier molecular flexibility index (Phi) is 3.84. The van der Waals surface area contributed by atoms with Crippen LogP contribution in [-0.2, 0) is 0 Å². The van der Waals surface area contributed by atoms with E-state index in [4.69, 9.17) is 0 Å². The Hall–Kier alpha value is -4.05. The minimum atomic E-state index is -0.312. The Balaban J connectivity index is 1.85. The van der Waals surface area contributed by atoms with E-state index in [0.29, 0.717) is 28.4 Å². The number of nitrogens with zero attached hydrogens (tertiary/aromatic N) is 3. The number of hydrogen-bond donors (Lipinski definition) is 2. The Morgan fingerprint density at radius 1 is 1.19 bits per heavy atom. The molecule has 4 aromatic rings. The lowest BCUT2D eigenvalue weighted by molar-refractivity contribution is -0.498. The zero-order chi connectivity index (χ0) is 17.9. The molecule has 7 nitrogen and oxygen atoms in total. The molecule has 124 valence electrons. The smallest absolute Gasteiger partial charge is 0.282 e. The predicted octanol–water partition coefficient (Wildman–Crippen LogP) is 1.75. The molecule has 0 aliphatic carbocycles. The van der Waals surface area contributed by atoms with Gasteiger partial charge in [0, 0.05) is 6.07 Å². The summed E-state index contributed by atoms with van der Waals surface area (Å²) >= 11 is 0. The number of aromatic nitrogens is 4. The molecule has 1 aromatic carbocycles. The highest BCUT2D eigenvalue weighted by atomic mass is 16.2. The summed E-state index contributed by atoms with van der Waals surface area (Å²) in [4.78, 5) is 22.8. The highest BCUT2D eigenvalue weighted by molar-refractivity contribution is 6.06. The van der Waals surface area contributed by atoms with Gasteiger partial charge < -0.3 is 0 Å². The molecule has 4 rings (SSSR count). The van der Waals surface area contributed by atoms with Gasteiger partial charge >= 0.3 is 5.91 Å². The van der Waals surface area contributed by atoms with Crippen LogP contribution in [0.1, 0.15) is 16.1 Å². The van der Waals surface area contributed by atoms with Crippen LogP contribution in [0.3, 0.4) is 0 Å². The second-order valence-corrected chi connectivity index (χ2v) is 5.56. The van der Waals surface area contributed by atoms with E-state index in [2.05, 4.69) is 26.3 Å². The first-order valence-electron chi connectivity index (χ1n) is 7.93. The third-order valence-electron chi connectivity index (χ3n) is 3.99. The molecule has 3 N–H and O–H groups in total. The van der Waals surface area contributed by atoms with Crippen molar-refractivity contribution >= 4 is 17.2 Å². The van der Waals surface area contributed by atoms with Gasteiger partial charge in [-0.3, -0.25) is 15.1 Å². The van der Waals surface area contributed by atoms with Crippen molar-refractivity contribution in [1.29, 1.82) is 5.26 Å². The number of fused-ring (bicyclic) bond motifs is 1. The number of amides is 1. The normalized spacial score (nSPS) is 10.4. The maximum Gasteiger partial charge on any atom is 0.302 e. The van der Waals surface area contributed by atoms with Gasteiger partial charge in [0.2, 0.25) is 5.69 Å². The van der Waals surface area contributed by atoms with Gasteiger partial charge in [-0.15, -0.1) is 0 Å². The van der Waals surface area contributed by atoms with E-state index in [1.807, 2.05) is 47.0 Å². The second-order valence-electron chi connectivity index (χ2n) is 5.56. The number of aromatic amines is 2. The lowest BCUT2D eigenvalue weighted by atomic mass is 10.1. The fourth-order valence-corrected chi connectivity index (χ4v) is 2.81. The van der Waals surface area contributed by atoms with E-state index in [9.17, 15) is 10.1 Å². The van der Waals surface area contributed by atoms with Crippen molar-refractivity contribution < 1.29 is 14.2 Å². The van der Waals surface area contributed by atoms with Crippen LogP contribution in [0, 0.1) is 11.3 Å². The van der Waals surface area contributed by atoms with Gasteiger partial charge in [-0.2, -0.15) is 9.66 Å². The van der Waals surface area contributed by atoms with Crippen LogP contribution in [0.25, 0.3) is 16.9 Å². The SMILES string of the molecule is N#Cc1ccccc1-c1[nH]c(C(=O)Nc2cc[nH+]cn2)c2cccc[n+]12. The van der Waals surface area contributed by atoms with E-state index in [1.54, 1.807) is 18.3 Å². The van der Waals surface area contributed by atoms with Gasteiger partial charge in [0.05, 0.1) is 23.5 Å². The molecule has 0 saturated carbocycles. The number of carbonyl (C=O) groups excluding carboxylic acids is 1. The number of imidazole rings is 1. The van der Waals surface area contributed by atoms with E-state index < -0.39 is 0 Å². The van der Waals surface area contributed by atoms with Crippen molar-refractivity contribution in [2.45, 2.75) is 0 Å². The molecule has 0 aliphatic heterocycles. The summed E-state index contributed by atoms with van der Waals surface area (Å²) in [5.74, 6) is 0.793. The zero-order valence-corrected chi connectivity index (χ0v) is 13.6. The lowest BCUT2D eigenvalue weighted by Crippen LogP contribution is -2.22. The van der Waals surface area contributed by atoms with Gasteiger partial charge in [-0.05, 0) is 29.2 Å². The molecule has 0 aliphatic rings. The average molecular weight is 342 g/mol. The summed E-state index contributed by atoms with van der Waals surface area (Å²) in [6, 6.07) is 16.7. The fraction of sp³-hybridized carbons (Fsp3) is 0. The first-order chi connectivity index (χ1) is 12.8. The third-order valence-corrected chi connectivity index (χ3v) is 3.99. The summed E-state index contributed by atoms with van der Waals surface area (Å²) < 4.78 is 1.86. The summed E-state index contributed by atoms with van der Waals surface area (Å²) in [5.41, 5.74) is 2.35. The van der Waals surface area contributed by atoms with E-state index in [1.165, 1.54) is 6.33 Å². The lowest BCUT2D eigenvalue weighted by Gasteiger charge is -1.96. The van der Waals surface area contributed by atoms with E-state index >= 15 is 0 Å². The topological polar surface area (TPSA) is 99.8 Å². The van der Waals surface area contributed by atoms with Crippen LogP contribution in [0.2, 0.25) is 0 Å². The number of nitrogens with one attached hydrogen (secondary N) is 3. The number of nitriles is 1. The average Bonchev–Trinajstić information content (AvgIpc) is 3.08. The second kappa shape index (κ2) is 6.45. The minimum Gasteiger partial charge on any atom is -0.282 e. The molecule has 3 heterocycles. The molecule has 0 atom stereocenters. The summed E-state index contributed by atoms with van der Waals surface area (Å²) in [6.45, 7) is 0. The van der Waals surface area contributed by atoms with Gasteiger partial charge in [0.25, 0.3) is 18.0 Å². The zero-order valence-electron chi connectivity index (χ0n) is 13.6. The maximum absolute atomic E-state index is 12.8. The standard InChI is InChI=1S/C19H12N6O/c20-11-13-5-1-2-6-14(13)18-24-17(15-7-3-4-10-25(15)18)19(26)23-16-8-9-21-12-22-16/h1-10,12H,(H,21,22,23,26)/p+2. The quantitative estimate of drug-likeness (QED) is 0.555. The van der Waals surface area contributed by atoms with Crippen molar-refractivity contribution in [3.63, 3.8) is 0 Å². The number of carbonyl (C=O) groups is 1. The molecule has 0 radical (unpaired) electrons. The van der Waals surface area contributed by atoms with Gasteiger partial charge in [-0.25, -0.2) is 4.98 Å². The Morgan fingerprint density at radius 3 is 2.85 bits per heavy atom. The Bertz CT molecular complexity index is 1140. The van der Waals surface area contributed by atoms with Crippen LogP contribution < -0.4 is 14.7 Å². The molecule has 0 unspecified atom stereocenters. The first-order valence-corrected chi connectivity index (χ1v) is 7.93. The van der Waals surface area contributed by atoms with Crippen molar-refractivity contribution in [1.82, 2.24) is 9.97 Å². The highest BCUT2D eigenvalue weighted by Gasteiger charge is 2.26. The number of anilines is 1. The van der Waals surface area contributed by atoms with Gasteiger partial charge in [0.1, 0.15) is 6.07 Å². The largest absolute Gasteiger partial charge is 0.302 e. The molecule has 0 fully saturated rings. The van der Waals surface area contributed by atoms with Crippen LogP contribution >= 0.6 is 0 Å². The molecule has 0 saturated heterocycles. The van der Waals surface area contributed by atoms with Crippen molar-refractivity contribution in [2.24, 2.45) is 0 Å². The summed E-state index contributed by atoms with van der Waals surface area (Å²) in [5, 5.41) is 12.2. The Morgan fingerprint density at radius 2 is 2.04 bits per heavy atom. The van der Waals surface area contributed by atoms with Crippen molar-refractivity contribution in [2.75, 3.05) is 5.32 Å². The van der Waals surface area contributed by atoms with Crippen molar-refractivity contribution in [3.8, 4) is 17.5 Å². The maximum atomic E-state index is 12.8. The van der Waals surface area contributed by atoms with E-state index in [-0.39, 0.29) is 5.91 Å². The molecule has 0 spiro atoms. The monoisotopic (exact) mass is 342 g/mol. The molecule has 0 bridgehead atoms. The number of rotatable bonds is 3. The van der Waals surface area contributed by atoms with Crippen LogP contribution in [0.5, 0.6) is 0 Å². The highest BCUT2D eigenvalue weighted by Crippen LogP contribution is 2.21. The van der Waals surface area contributed by atoms with Gasteiger partial charge in [0.15, 0.2) is 5.52 Å². The fourth-order valence-electron chi connectivity index (χ4n) is 2.81. The van der Waals surface area contributed by atoms with Crippen LogP contribution in [0.4, 0.5) is 5.82 Å².